The number of ether oxygens (including phenoxy) is 1. The first kappa shape index (κ1) is 9.36. The summed E-state index contributed by atoms with van der Waals surface area (Å²) in [4.78, 5) is 11.0. The minimum absolute atomic E-state index is 0.267. The van der Waals surface area contributed by atoms with Crippen LogP contribution >= 0.6 is 23.2 Å². The number of benzene rings is 1. The van der Waals surface area contributed by atoms with Crippen LogP contribution in [0.2, 0.25) is 10.0 Å². The summed E-state index contributed by atoms with van der Waals surface area (Å²) in [7, 11) is 1.28. The Bertz CT molecular complexity index is 310. The molecule has 0 aliphatic carbocycles. The molecule has 2 nitrogen and oxygen atoms in total. The summed E-state index contributed by atoms with van der Waals surface area (Å²) < 4.78 is 4.47. The van der Waals surface area contributed by atoms with Gasteiger partial charge < -0.3 is 4.74 Å². The molecule has 0 spiro atoms. The van der Waals surface area contributed by atoms with Gasteiger partial charge in [-0.1, -0.05) is 23.2 Å². The largest absolute Gasteiger partial charge is 0.465 e. The summed E-state index contributed by atoms with van der Waals surface area (Å²) in [6.07, 6.45) is 0. The number of halogens is 2. The van der Waals surface area contributed by atoms with E-state index in [0.717, 1.165) is 0 Å². The van der Waals surface area contributed by atoms with Gasteiger partial charge in [-0.3, -0.25) is 0 Å². The highest BCUT2D eigenvalue weighted by Crippen LogP contribution is 2.20. The van der Waals surface area contributed by atoms with Gasteiger partial charge in [-0.25, -0.2) is 4.79 Å². The maximum Gasteiger partial charge on any atom is 0.339 e. The highest BCUT2D eigenvalue weighted by atomic mass is 35.5. The van der Waals surface area contributed by atoms with Gasteiger partial charge in [-0.15, -0.1) is 0 Å². The van der Waals surface area contributed by atoms with Crippen LogP contribution in [0.4, 0.5) is 0 Å². The Kier molecular flexibility index (Phi) is 2.95. The van der Waals surface area contributed by atoms with E-state index in [-0.39, 0.29) is 10.6 Å². The van der Waals surface area contributed by atoms with E-state index in [1.54, 1.807) is 0 Å². The molecule has 0 aromatic heterocycles. The van der Waals surface area contributed by atoms with Gasteiger partial charge in [0, 0.05) is 11.1 Å². The van der Waals surface area contributed by atoms with Gasteiger partial charge in [-0.05, 0) is 12.1 Å². The molecule has 0 saturated heterocycles. The number of rotatable bonds is 1. The van der Waals surface area contributed by atoms with E-state index in [1.807, 2.05) is 0 Å². The molecule has 1 aromatic carbocycles. The second kappa shape index (κ2) is 3.78. The van der Waals surface area contributed by atoms with Crippen LogP contribution in [0.25, 0.3) is 0 Å². The Hall–Kier alpha value is -0.730. The van der Waals surface area contributed by atoms with Crippen molar-refractivity contribution < 1.29 is 9.53 Å². The van der Waals surface area contributed by atoms with Gasteiger partial charge in [0.15, 0.2) is 0 Å². The first-order valence-electron chi connectivity index (χ1n) is 3.10. The van der Waals surface area contributed by atoms with Crippen molar-refractivity contribution >= 4 is 29.2 Å². The Balaban J connectivity index is 3.09. The summed E-state index contributed by atoms with van der Waals surface area (Å²) in [5.74, 6) is -0.493. The van der Waals surface area contributed by atoms with Crippen molar-refractivity contribution in [2.24, 2.45) is 0 Å². The van der Waals surface area contributed by atoms with E-state index in [9.17, 15) is 4.79 Å². The molecule has 0 amide bonds. The maximum absolute atomic E-state index is 11.0. The highest BCUT2D eigenvalue weighted by molar-refractivity contribution is 6.36. The van der Waals surface area contributed by atoms with Crippen LogP contribution in [0.3, 0.4) is 0 Å². The maximum atomic E-state index is 11.0. The monoisotopic (exact) mass is 203 g/mol. The smallest absolute Gasteiger partial charge is 0.339 e. The molecule has 0 bridgehead atoms. The fourth-order valence-electron chi connectivity index (χ4n) is 0.707. The third-order valence-electron chi connectivity index (χ3n) is 1.27. The van der Waals surface area contributed by atoms with Gasteiger partial charge in [0.2, 0.25) is 0 Å². The predicted octanol–water partition coefficient (Wildman–Crippen LogP) is 2.58. The van der Waals surface area contributed by atoms with Crippen LogP contribution in [-0.4, -0.2) is 13.1 Å². The molecule has 1 rings (SSSR count). The van der Waals surface area contributed by atoms with Gasteiger partial charge in [0.25, 0.3) is 0 Å². The van der Waals surface area contributed by atoms with Crippen molar-refractivity contribution in [2.75, 3.05) is 7.11 Å². The van der Waals surface area contributed by atoms with Crippen LogP contribution in [0.5, 0.6) is 0 Å². The number of carbonyl (C=O) groups excluding carboxylic acids is 1. The minimum atomic E-state index is -0.493. The molecule has 0 aliphatic heterocycles. The Morgan fingerprint density at radius 2 is 2.25 bits per heavy atom. The molecule has 1 aromatic rings. The molecule has 0 aliphatic rings. The zero-order chi connectivity index (χ0) is 9.14. The van der Waals surface area contributed by atoms with E-state index in [1.165, 1.54) is 19.2 Å². The number of hydrogen-bond donors (Lipinski definition) is 0. The average molecular weight is 204 g/mol. The predicted molar refractivity (Wildman–Crippen MR) is 46.6 cm³/mol. The standard InChI is InChI=1S/C8H5Cl2O2/c1-12-8(11)6-3-2-5(9)4-7(6)10/h3-4H,1H3. The van der Waals surface area contributed by atoms with Gasteiger partial charge in [0.05, 0.1) is 17.7 Å². The molecule has 4 heteroatoms. The summed E-state index contributed by atoms with van der Waals surface area (Å²) >= 11 is 11.3. The average Bonchev–Trinajstić information content (AvgIpc) is 2.03. The van der Waals surface area contributed by atoms with Crippen LogP contribution in [-0.2, 0) is 4.74 Å². The van der Waals surface area contributed by atoms with Crippen molar-refractivity contribution in [3.63, 3.8) is 0 Å². The van der Waals surface area contributed by atoms with Crippen LogP contribution in [0.15, 0.2) is 12.1 Å². The second-order valence-electron chi connectivity index (χ2n) is 2.03. The van der Waals surface area contributed by atoms with Crippen molar-refractivity contribution in [3.8, 4) is 0 Å². The zero-order valence-corrected chi connectivity index (χ0v) is 7.74. The Morgan fingerprint density at radius 1 is 1.58 bits per heavy atom. The van der Waals surface area contributed by atoms with Gasteiger partial charge in [0.1, 0.15) is 0 Å². The SMILES string of the molecule is COC(=O)c1c[c]c(Cl)cc1Cl. The zero-order valence-electron chi connectivity index (χ0n) is 6.23. The molecule has 0 saturated carbocycles. The van der Waals surface area contributed by atoms with E-state index < -0.39 is 5.97 Å². The first-order valence-corrected chi connectivity index (χ1v) is 3.86. The topological polar surface area (TPSA) is 26.3 Å². The van der Waals surface area contributed by atoms with E-state index >= 15 is 0 Å². The fourth-order valence-corrected chi connectivity index (χ4v) is 1.17. The Labute approximate surface area is 80.0 Å². The van der Waals surface area contributed by atoms with Crippen molar-refractivity contribution in [1.29, 1.82) is 0 Å². The van der Waals surface area contributed by atoms with Crippen molar-refractivity contribution in [2.45, 2.75) is 0 Å². The summed E-state index contributed by atoms with van der Waals surface area (Å²) in [5, 5.41) is 0.637. The molecular weight excluding hydrogens is 199 g/mol. The molecule has 0 atom stereocenters. The fraction of sp³-hybridized carbons (Fsp3) is 0.125. The molecule has 0 heterocycles. The number of esters is 1. The van der Waals surface area contributed by atoms with Gasteiger partial charge >= 0.3 is 5.97 Å². The lowest BCUT2D eigenvalue weighted by Gasteiger charge is -2.00. The number of methoxy groups -OCH3 is 1. The van der Waals surface area contributed by atoms with E-state index in [0.29, 0.717) is 5.02 Å². The molecule has 0 fully saturated rings. The lowest BCUT2D eigenvalue weighted by molar-refractivity contribution is 0.0601. The summed E-state index contributed by atoms with van der Waals surface area (Å²) in [6, 6.07) is 5.48. The first-order chi connectivity index (χ1) is 5.65. The summed E-state index contributed by atoms with van der Waals surface area (Å²) in [5.41, 5.74) is 0.267. The number of hydrogen-bond acceptors (Lipinski definition) is 2. The summed E-state index contributed by atoms with van der Waals surface area (Å²) in [6.45, 7) is 0. The van der Waals surface area contributed by atoms with Crippen LogP contribution < -0.4 is 0 Å². The van der Waals surface area contributed by atoms with E-state index in [4.69, 9.17) is 23.2 Å². The second-order valence-corrected chi connectivity index (χ2v) is 2.85. The lowest BCUT2D eigenvalue weighted by Crippen LogP contribution is -2.01. The molecular formula is C8H5Cl2O2. The number of carbonyl (C=O) groups is 1. The third kappa shape index (κ3) is 1.90. The van der Waals surface area contributed by atoms with Crippen LogP contribution in [0.1, 0.15) is 10.4 Å². The van der Waals surface area contributed by atoms with Crippen molar-refractivity contribution in [3.05, 3.63) is 33.8 Å². The highest BCUT2D eigenvalue weighted by Gasteiger charge is 2.09. The molecule has 12 heavy (non-hydrogen) atoms. The van der Waals surface area contributed by atoms with Crippen molar-refractivity contribution in [1.82, 2.24) is 0 Å². The lowest BCUT2D eigenvalue weighted by atomic mass is 10.2. The normalized spacial score (nSPS) is 9.58. The van der Waals surface area contributed by atoms with Crippen LogP contribution in [0, 0.1) is 6.07 Å². The Morgan fingerprint density at radius 3 is 2.75 bits per heavy atom. The minimum Gasteiger partial charge on any atom is -0.465 e. The molecule has 0 N–H and O–H groups in total. The quantitative estimate of drug-likeness (QED) is 0.657. The molecule has 63 valence electrons. The van der Waals surface area contributed by atoms with E-state index in [2.05, 4.69) is 10.8 Å². The van der Waals surface area contributed by atoms with Gasteiger partial charge in [-0.2, -0.15) is 0 Å². The molecule has 0 unspecified atom stereocenters. The third-order valence-corrected chi connectivity index (χ3v) is 1.80. The molecule has 1 radical (unpaired) electrons.